The number of rotatable bonds is 4. The van der Waals surface area contributed by atoms with Crippen LogP contribution in [0.1, 0.15) is 24.8 Å². The second-order valence-corrected chi connectivity index (χ2v) is 4.75. The van der Waals surface area contributed by atoms with Crippen LogP contribution in [0.25, 0.3) is 0 Å². The van der Waals surface area contributed by atoms with Crippen molar-refractivity contribution in [2.24, 2.45) is 11.7 Å². The number of halogens is 2. The molecule has 102 valence electrons. The quantitative estimate of drug-likeness (QED) is 0.857. The van der Waals surface area contributed by atoms with Crippen molar-refractivity contribution in [1.82, 2.24) is 5.32 Å². The zero-order valence-electron chi connectivity index (χ0n) is 10.3. The predicted octanol–water partition coefficient (Wildman–Crippen LogP) is 1.06. The van der Waals surface area contributed by atoms with Crippen LogP contribution in [0.4, 0.5) is 8.78 Å². The van der Waals surface area contributed by atoms with Crippen molar-refractivity contribution in [2.45, 2.75) is 25.3 Å². The molecule has 0 aliphatic heterocycles. The van der Waals surface area contributed by atoms with Gasteiger partial charge in [0.05, 0.1) is 0 Å². The fraction of sp³-hybridized carbons (Fsp3) is 0.385. The van der Waals surface area contributed by atoms with Gasteiger partial charge in [0, 0.05) is 5.92 Å². The molecule has 19 heavy (non-hydrogen) atoms. The van der Waals surface area contributed by atoms with E-state index in [9.17, 15) is 18.4 Å². The largest absolute Gasteiger partial charge is 0.368 e. The van der Waals surface area contributed by atoms with Crippen molar-refractivity contribution in [3.63, 3.8) is 0 Å². The summed E-state index contributed by atoms with van der Waals surface area (Å²) in [5, 5.41) is 2.49. The van der Waals surface area contributed by atoms with Crippen LogP contribution in [0.5, 0.6) is 0 Å². The standard InChI is InChI=1S/C13H14F2N2O2/c1-6(12(16)18)17-13(19)9-5-8(9)7-2-3-10(14)11(15)4-7/h2-4,6,8-9H,5H2,1H3,(H2,16,18)(H,17,19)/t6-,8+,9+/m0/s1. The number of carbonyl (C=O) groups excluding carboxylic acids is 2. The summed E-state index contributed by atoms with van der Waals surface area (Å²) in [6, 6.07) is 2.88. The lowest BCUT2D eigenvalue weighted by Crippen LogP contribution is -2.43. The number of nitrogens with two attached hydrogens (primary N) is 1. The number of primary amides is 1. The molecule has 2 amide bonds. The van der Waals surface area contributed by atoms with Crippen molar-refractivity contribution in [1.29, 1.82) is 0 Å². The van der Waals surface area contributed by atoms with Crippen LogP contribution in [-0.2, 0) is 9.59 Å². The molecule has 1 aromatic carbocycles. The van der Waals surface area contributed by atoms with Gasteiger partial charge in [-0.05, 0) is 37.0 Å². The molecule has 1 aliphatic rings. The Morgan fingerprint density at radius 1 is 1.37 bits per heavy atom. The molecule has 0 heterocycles. The summed E-state index contributed by atoms with van der Waals surface area (Å²) >= 11 is 0. The Balaban J connectivity index is 1.98. The fourth-order valence-corrected chi connectivity index (χ4v) is 1.99. The summed E-state index contributed by atoms with van der Waals surface area (Å²) in [6.07, 6.45) is 0.558. The number of hydrogen-bond acceptors (Lipinski definition) is 2. The predicted molar refractivity (Wildman–Crippen MR) is 64.0 cm³/mol. The van der Waals surface area contributed by atoms with Gasteiger partial charge in [-0.2, -0.15) is 0 Å². The number of benzene rings is 1. The Bertz CT molecular complexity index is 533. The zero-order chi connectivity index (χ0) is 14.2. The molecule has 1 saturated carbocycles. The van der Waals surface area contributed by atoms with Crippen molar-refractivity contribution in [3.8, 4) is 0 Å². The van der Waals surface area contributed by atoms with Gasteiger partial charge in [0.1, 0.15) is 6.04 Å². The lowest BCUT2D eigenvalue weighted by atomic mass is 10.1. The van der Waals surface area contributed by atoms with E-state index in [2.05, 4.69) is 5.32 Å². The molecule has 6 heteroatoms. The first-order valence-corrected chi connectivity index (χ1v) is 5.94. The maximum absolute atomic E-state index is 13.1. The Morgan fingerprint density at radius 3 is 2.63 bits per heavy atom. The molecule has 0 saturated heterocycles. The third-order valence-corrected chi connectivity index (χ3v) is 3.28. The smallest absolute Gasteiger partial charge is 0.239 e. The molecule has 3 atom stereocenters. The van der Waals surface area contributed by atoms with Crippen LogP contribution in [0.3, 0.4) is 0 Å². The van der Waals surface area contributed by atoms with E-state index in [0.29, 0.717) is 12.0 Å². The van der Waals surface area contributed by atoms with E-state index in [1.807, 2.05) is 0 Å². The maximum Gasteiger partial charge on any atom is 0.239 e. The molecule has 2 rings (SSSR count). The molecule has 1 fully saturated rings. The van der Waals surface area contributed by atoms with E-state index >= 15 is 0 Å². The maximum atomic E-state index is 13.1. The number of nitrogens with one attached hydrogen (secondary N) is 1. The van der Waals surface area contributed by atoms with Crippen LogP contribution in [0.2, 0.25) is 0 Å². The monoisotopic (exact) mass is 268 g/mol. The Morgan fingerprint density at radius 2 is 2.05 bits per heavy atom. The average Bonchev–Trinajstić information content (AvgIpc) is 3.12. The molecule has 0 spiro atoms. The van der Waals surface area contributed by atoms with Gasteiger partial charge < -0.3 is 11.1 Å². The highest BCUT2D eigenvalue weighted by atomic mass is 19.2. The molecule has 0 bridgehead atoms. The molecule has 1 aromatic rings. The number of hydrogen-bond donors (Lipinski definition) is 2. The highest BCUT2D eigenvalue weighted by molar-refractivity contribution is 5.89. The Hall–Kier alpha value is -1.98. The lowest BCUT2D eigenvalue weighted by Gasteiger charge is -2.09. The first kappa shape index (κ1) is 13.5. The van der Waals surface area contributed by atoms with Gasteiger partial charge in [0.2, 0.25) is 11.8 Å². The van der Waals surface area contributed by atoms with Crippen LogP contribution in [-0.4, -0.2) is 17.9 Å². The van der Waals surface area contributed by atoms with Gasteiger partial charge in [-0.3, -0.25) is 9.59 Å². The van der Waals surface area contributed by atoms with E-state index < -0.39 is 23.6 Å². The summed E-state index contributed by atoms with van der Waals surface area (Å²) in [4.78, 5) is 22.6. The van der Waals surface area contributed by atoms with E-state index in [0.717, 1.165) is 12.1 Å². The topological polar surface area (TPSA) is 72.2 Å². The molecule has 4 nitrogen and oxygen atoms in total. The van der Waals surface area contributed by atoms with Crippen LogP contribution < -0.4 is 11.1 Å². The molecule has 1 aliphatic carbocycles. The van der Waals surface area contributed by atoms with Gasteiger partial charge in [-0.1, -0.05) is 6.07 Å². The minimum Gasteiger partial charge on any atom is -0.368 e. The zero-order valence-corrected chi connectivity index (χ0v) is 10.3. The van der Waals surface area contributed by atoms with Crippen LogP contribution >= 0.6 is 0 Å². The van der Waals surface area contributed by atoms with Gasteiger partial charge in [-0.15, -0.1) is 0 Å². The highest BCUT2D eigenvalue weighted by Crippen LogP contribution is 2.47. The van der Waals surface area contributed by atoms with E-state index in [4.69, 9.17) is 5.73 Å². The van der Waals surface area contributed by atoms with Gasteiger partial charge in [0.25, 0.3) is 0 Å². The summed E-state index contributed by atoms with van der Waals surface area (Å²) in [6.45, 7) is 1.50. The highest BCUT2D eigenvalue weighted by Gasteiger charge is 2.44. The minimum absolute atomic E-state index is 0.129. The molecule has 3 N–H and O–H groups in total. The van der Waals surface area contributed by atoms with Crippen molar-refractivity contribution in [2.75, 3.05) is 0 Å². The number of carbonyl (C=O) groups is 2. The summed E-state index contributed by atoms with van der Waals surface area (Å²) in [5.74, 6) is -3.18. The minimum atomic E-state index is -0.922. The van der Waals surface area contributed by atoms with E-state index in [1.165, 1.54) is 13.0 Å². The first-order valence-electron chi connectivity index (χ1n) is 5.94. The van der Waals surface area contributed by atoms with Gasteiger partial charge in [0.15, 0.2) is 11.6 Å². The average molecular weight is 268 g/mol. The third kappa shape index (κ3) is 2.89. The lowest BCUT2D eigenvalue weighted by molar-refractivity contribution is -0.127. The second-order valence-electron chi connectivity index (χ2n) is 4.75. The van der Waals surface area contributed by atoms with Crippen LogP contribution in [0, 0.1) is 17.6 Å². The number of amides is 2. The first-order chi connectivity index (χ1) is 8.90. The molecule has 0 unspecified atom stereocenters. The van der Waals surface area contributed by atoms with E-state index in [-0.39, 0.29) is 17.7 Å². The van der Waals surface area contributed by atoms with Crippen molar-refractivity contribution in [3.05, 3.63) is 35.4 Å². The van der Waals surface area contributed by atoms with Crippen molar-refractivity contribution < 1.29 is 18.4 Å². The summed E-state index contributed by atoms with van der Waals surface area (Å²) < 4.78 is 25.9. The molecular weight excluding hydrogens is 254 g/mol. The van der Waals surface area contributed by atoms with Crippen LogP contribution in [0.15, 0.2) is 18.2 Å². The second kappa shape index (κ2) is 4.95. The third-order valence-electron chi connectivity index (χ3n) is 3.28. The van der Waals surface area contributed by atoms with Gasteiger partial charge in [-0.25, -0.2) is 8.78 Å². The summed E-state index contributed by atoms with van der Waals surface area (Å²) in [5.41, 5.74) is 5.63. The molecule has 0 aromatic heterocycles. The van der Waals surface area contributed by atoms with Gasteiger partial charge >= 0.3 is 0 Å². The van der Waals surface area contributed by atoms with Crippen molar-refractivity contribution >= 4 is 11.8 Å². The SMILES string of the molecule is C[C@H](NC(=O)[C@@H]1C[C@@H]1c1ccc(F)c(F)c1)C(N)=O. The Kier molecular flexibility index (Phi) is 3.50. The fourth-order valence-electron chi connectivity index (χ4n) is 1.99. The molecular formula is C13H14F2N2O2. The molecule has 0 radical (unpaired) electrons. The van der Waals surface area contributed by atoms with E-state index in [1.54, 1.807) is 0 Å². The normalized spacial score (nSPS) is 22.7. The summed E-state index contributed by atoms with van der Waals surface area (Å²) in [7, 11) is 0. The Labute approximate surface area is 109 Å².